The maximum absolute atomic E-state index is 5.31. The predicted octanol–water partition coefficient (Wildman–Crippen LogP) is -1.13. The summed E-state index contributed by atoms with van der Waals surface area (Å²) in [6.07, 6.45) is 1.47. The van der Waals surface area contributed by atoms with E-state index in [9.17, 15) is 0 Å². The average Bonchev–Trinajstić information content (AvgIpc) is 2.48. The molecule has 0 saturated carbocycles. The number of aryl methyl sites for hydroxylation is 1. The van der Waals surface area contributed by atoms with Crippen molar-refractivity contribution in [3.05, 3.63) is 5.82 Å². The molecule has 0 saturated heterocycles. The first-order valence-electron chi connectivity index (χ1n) is 3.84. The molecule has 1 rings (SSSR count). The summed E-state index contributed by atoms with van der Waals surface area (Å²) in [5.41, 5.74) is 15.5. The molecule has 1 aromatic heterocycles. The van der Waals surface area contributed by atoms with Gasteiger partial charge in [-0.15, -0.1) is 0 Å². The third-order valence-electron chi connectivity index (χ3n) is 1.29. The summed E-state index contributed by atoms with van der Waals surface area (Å²) in [6.45, 7) is 0.589. The molecule has 0 aliphatic heterocycles. The fraction of sp³-hybridized carbons (Fsp3) is 0.500. The van der Waals surface area contributed by atoms with Crippen LogP contribution in [0.15, 0.2) is 9.52 Å². The van der Waals surface area contributed by atoms with Crippen molar-refractivity contribution < 1.29 is 4.52 Å². The van der Waals surface area contributed by atoms with Gasteiger partial charge in [-0.1, -0.05) is 5.16 Å². The standard InChI is InChI=1S/C6H12N6O/c7-3-1-2-4-10-6(13-12-4)11-5(8)9/h1-3,7H2,(H4,8,9,10,11,12). The summed E-state index contributed by atoms with van der Waals surface area (Å²) >= 11 is 0. The molecule has 0 aliphatic rings. The first kappa shape index (κ1) is 9.46. The van der Waals surface area contributed by atoms with E-state index in [-0.39, 0.29) is 12.0 Å². The summed E-state index contributed by atoms with van der Waals surface area (Å²) < 4.78 is 4.72. The van der Waals surface area contributed by atoms with Crippen molar-refractivity contribution in [2.45, 2.75) is 12.8 Å². The normalized spacial score (nSPS) is 9.92. The van der Waals surface area contributed by atoms with Crippen molar-refractivity contribution in [1.29, 1.82) is 0 Å². The minimum absolute atomic E-state index is 0.0759. The number of guanidine groups is 1. The van der Waals surface area contributed by atoms with Gasteiger partial charge in [-0.3, -0.25) is 0 Å². The van der Waals surface area contributed by atoms with E-state index < -0.39 is 0 Å². The predicted molar refractivity (Wildman–Crippen MR) is 47.1 cm³/mol. The Labute approximate surface area is 75.0 Å². The van der Waals surface area contributed by atoms with E-state index in [0.717, 1.165) is 6.42 Å². The fourth-order valence-electron chi connectivity index (χ4n) is 0.762. The number of aromatic nitrogens is 2. The molecule has 0 aliphatic carbocycles. The van der Waals surface area contributed by atoms with Crippen LogP contribution >= 0.6 is 0 Å². The molecule has 0 unspecified atom stereocenters. The fourth-order valence-corrected chi connectivity index (χ4v) is 0.762. The zero-order valence-corrected chi connectivity index (χ0v) is 7.10. The van der Waals surface area contributed by atoms with Gasteiger partial charge in [-0.25, -0.2) is 0 Å². The maximum atomic E-state index is 5.31. The molecule has 0 fully saturated rings. The van der Waals surface area contributed by atoms with Gasteiger partial charge in [0, 0.05) is 6.42 Å². The van der Waals surface area contributed by atoms with E-state index in [2.05, 4.69) is 15.1 Å². The third kappa shape index (κ3) is 3.08. The lowest BCUT2D eigenvalue weighted by Crippen LogP contribution is -2.21. The Morgan fingerprint density at radius 1 is 1.46 bits per heavy atom. The average molecular weight is 184 g/mol. The molecule has 72 valence electrons. The number of rotatable bonds is 4. The molecule has 7 heteroatoms. The van der Waals surface area contributed by atoms with Crippen molar-refractivity contribution in [1.82, 2.24) is 10.1 Å². The van der Waals surface area contributed by atoms with Gasteiger partial charge in [0.2, 0.25) is 0 Å². The highest BCUT2D eigenvalue weighted by molar-refractivity contribution is 5.77. The van der Waals surface area contributed by atoms with Gasteiger partial charge >= 0.3 is 6.01 Å². The molecule has 0 spiro atoms. The first-order valence-corrected chi connectivity index (χ1v) is 3.84. The van der Waals surface area contributed by atoms with Crippen LogP contribution in [0, 0.1) is 0 Å². The molecule has 0 amide bonds. The van der Waals surface area contributed by atoms with Gasteiger partial charge in [0.15, 0.2) is 11.8 Å². The van der Waals surface area contributed by atoms with Crippen LogP contribution in [0.1, 0.15) is 12.2 Å². The lowest BCUT2D eigenvalue weighted by Gasteiger charge is -1.87. The zero-order chi connectivity index (χ0) is 9.68. The summed E-state index contributed by atoms with van der Waals surface area (Å²) in [7, 11) is 0. The monoisotopic (exact) mass is 184 g/mol. The highest BCUT2D eigenvalue weighted by Gasteiger charge is 2.03. The lowest BCUT2D eigenvalue weighted by molar-refractivity contribution is 0.420. The number of nitrogens with two attached hydrogens (primary N) is 3. The van der Waals surface area contributed by atoms with Crippen LogP contribution in [0.25, 0.3) is 0 Å². The van der Waals surface area contributed by atoms with Crippen molar-refractivity contribution in [2.24, 2.45) is 22.2 Å². The molecule has 0 aromatic carbocycles. The van der Waals surface area contributed by atoms with Crippen LogP contribution < -0.4 is 17.2 Å². The lowest BCUT2D eigenvalue weighted by atomic mass is 10.3. The molecule has 7 nitrogen and oxygen atoms in total. The van der Waals surface area contributed by atoms with Crippen molar-refractivity contribution in [3.63, 3.8) is 0 Å². The molecule has 6 N–H and O–H groups in total. The van der Waals surface area contributed by atoms with Gasteiger partial charge in [-0.05, 0) is 13.0 Å². The van der Waals surface area contributed by atoms with Gasteiger partial charge in [-0.2, -0.15) is 9.98 Å². The Hall–Kier alpha value is -1.63. The number of nitrogens with zero attached hydrogens (tertiary/aromatic N) is 3. The summed E-state index contributed by atoms with van der Waals surface area (Å²) in [5.74, 6) is 0.458. The second-order valence-electron chi connectivity index (χ2n) is 2.42. The van der Waals surface area contributed by atoms with E-state index in [4.69, 9.17) is 21.7 Å². The van der Waals surface area contributed by atoms with Gasteiger partial charge in [0.25, 0.3) is 0 Å². The highest BCUT2D eigenvalue weighted by atomic mass is 16.5. The Kier molecular flexibility index (Phi) is 3.21. The smallest absolute Gasteiger partial charge is 0.350 e. The molecular formula is C6H12N6O. The van der Waals surface area contributed by atoms with Crippen LogP contribution in [0.2, 0.25) is 0 Å². The van der Waals surface area contributed by atoms with E-state index in [0.29, 0.717) is 18.8 Å². The van der Waals surface area contributed by atoms with E-state index in [1.54, 1.807) is 0 Å². The first-order chi connectivity index (χ1) is 6.22. The Morgan fingerprint density at radius 3 is 2.85 bits per heavy atom. The number of aliphatic imine (C=N–C) groups is 1. The molecule has 0 radical (unpaired) electrons. The van der Waals surface area contributed by atoms with Crippen LogP contribution in [-0.4, -0.2) is 22.6 Å². The summed E-state index contributed by atoms with van der Waals surface area (Å²) in [6, 6.07) is 0.0759. The minimum Gasteiger partial charge on any atom is -0.370 e. The zero-order valence-electron chi connectivity index (χ0n) is 7.10. The molecule has 0 atom stereocenters. The van der Waals surface area contributed by atoms with Crippen molar-refractivity contribution >= 4 is 12.0 Å². The second kappa shape index (κ2) is 4.41. The highest BCUT2D eigenvalue weighted by Crippen LogP contribution is 2.07. The Morgan fingerprint density at radius 2 is 2.23 bits per heavy atom. The quantitative estimate of drug-likeness (QED) is 0.401. The summed E-state index contributed by atoms with van der Waals surface area (Å²) in [4.78, 5) is 7.50. The molecular weight excluding hydrogens is 172 g/mol. The SMILES string of the molecule is NCCCc1noc(N=C(N)N)n1. The largest absolute Gasteiger partial charge is 0.370 e. The maximum Gasteiger partial charge on any atom is 0.350 e. The minimum atomic E-state index is -0.103. The van der Waals surface area contributed by atoms with E-state index >= 15 is 0 Å². The summed E-state index contributed by atoms with van der Waals surface area (Å²) in [5, 5.41) is 3.65. The van der Waals surface area contributed by atoms with Crippen LogP contribution in [0.4, 0.5) is 6.01 Å². The van der Waals surface area contributed by atoms with Crippen molar-refractivity contribution in [2.75, 3.05) is 6.54 Å². The van der Waals surface area contributed by atoms with Gasteiger partial charge < -0.3 is 21.7 Å². The molecule has 13 heavy (non-hydrogen) atoms. The molecule has 1 heterocycles. The Bertz CT molecular complexity index is 289. The second-order valence-corrected chi connectivity index (χ2v) is 2.42. The van der Waals surface area contributed by atoms with Crippen molar-refractivity contribution in [3.8, 4) is 0 Å². The third-order valence-corrected chi connectivity index (χ3v) is 1.29. The van der Waals surface area contributed by atoms with Crippen LogP contribution in [0.5, 0.6) is 0 Å². The van der Waals surface area contributed by atoms with E-state index in [1.807, 2.05) is 0 Å². The molecule has 0 bridgehead atoms. The molecule has 1 aromatic rings. The number of hydrogen-bond acceptors (Lipinski definition) is 5. The van der Waals surface area contributed by atoms with E-state index in [1.165, 1.54) is 0 Å². The Balaban J connectivity index is 2.58. The van der Waals surface area contributed by atoms with Crippen LogP contribution in [-0.2, 0) is 6.42 Å². The van der Waals surface area contributed by atoms with Gasteiger partial charge in [0.1, 0.15) is 0 Å². The number of hydrogen-bond donors (Lipinski definition) is 3. The van der Waals surface area contributed by atoms with Gasteiger partial charge in [0.05, 0.1) is 0 Å². The van der Waals surface area contributed by atoms with Crippen LogP contribution in [0.3, 0.4) is 0 Å². The topological polar surface area (TPSA) is 129 Å².